The Morgan fingerprint density at radius 1 is 1.20 bits per heavy atom. The lowest BCUT2D eigenvalue weighted by atomic mass is 9.96. The van der Waals surface area contributed by atoms with Crippen molar-refractivity contribution in [3.8, 4) is 0 Å². The highest BCUT2D eigenvalue weighted by atomic mass is 32.1. The van der Waals surface area contributed by atoms with E-state index in [1.807, 2.05) is 11.3 Å². The van der Waals surface area contributed by atoms with Crippen molar-refractivity contribution in [2.45, 2.75) is 40.2 Å². The number of aryl methyl sites for hydroxylation is 1. The largest absolute Gasteiger partial charge is 0.306 e. The molecule has 0 aliphatic heterocycles. The van der Waals surface area contributed by atoms with Crippen LogP contribution in [0.25, 0.3) is 0 Å². The fourth-order valence-electron chi connectivity index (χ4n) is 2.62. The Labute approximate surface area is 127 Å². The monoisotopic (exact) mass is 287 g/mol. The zero-order valence-electron chi connectivity index (χ0n) is 12.9. The zero-order chi connectivity index (χ0) is 14.5. The van der Waals surface area contributed by atoms with E-state index in [2.05, 4.69) is 68.7 Å². The average Bonchev–Trinajstić information content (AvgIpc) is 2.81. The molecule has 1 aromatic heterocycles. The van der Waals surface area contributed by atoms with Gasteiger partial charge in [-0.05, 0) is 53.9 Å². The molecule has 2 rings (SSSR count). The fraction of sp³-hybridized carbons (Fsp3) is 0.444. The molecule has 0 amide bonds. The normalized spacial score (nSPS) is 12.8. The third-order valence-corrected chi connectivity index (χ3v) is 4.58. The summed E-state index contributed by atoms with van der Waals surface area (Å²) in [4.78, 5) is 1.44. The van der Waals surface area contributed by atoms with E-state index in [1.165, 1.54) is 21.6 Å². The number of hydrogen-bond donors (Lipinski definition) is 1. The van der Waals surface area contributed by atoms with Crippen LogP contribution in [0, 0.1) is 12.8 Å². The molecule has 0 aliphatic carbocycles. The lowest BCUT2D eigenvalue weighted by molar-refractivity contribution is 0.628. The van der Waals surface area contributed by atoms with Crippen LogP contribution in [-0.2, 0) is 6.42 Å². The molecule has 1 atom stereocenters. The summed E-state index contributed by atoms with van der Waals surface area (Å²) in [6, 6.07) is 11.6. The molecule has 1 unspecified atom stereocenters. The second-order valence-corrected chi connectivity index (χ2v) is 6.75. The highest BCUT2D eigenvalue weighted by molar-refractivity contribution is 7.10. The van der Waals surface area contributed by atoms with Gasteiger partial charge in [-0.3, -0.25) is 0 Å². The van der Waals surface area contributed by atoms with Gasteiger partial charge >= 0.3 is 0 Å². The summed E-state index contributed by atoms with van der Waals surface area (Å²) in [5.41, 5.74) is 4.21. The van der Waals surface area contributed by atoms with Gasteiger partial charge in [0.25, 0.3) is 0 Å². The zero-order valence-corrected chi connectivity index (χ0v) is 13.8. The Balaban J connectivity index is 2.32. The molecule has 1 aromatic carbocycles. The van der Waals surface area contributed by atoms with Crippen LogP contribution in [0.4, 0.5) is 0 Å². The summed E-state index contributed by atoms with van der Waals surface area (Å²) in [7, 11) is 0. The lowest BCUT2D eigenvalue weighted by Gasteiger charge is -2.19. The van der Waals surface area contributed by atoms with Gasteiger partial charge in [-0.1, -0.05) is 45.0 Å². The molecule has 2 heteroatoms. The van der Waals surface area contributed by atoms with Gasteiger partial charge in [0.1, 0.15) is 0 Å². The van der Waals surface area contributed by atoms with Crippen molar-refractivity contribution in [3.05, 3.63) is 57.3 Å². The standard InChI is InChI=1S/C18H25NS/c1-5-19-17(18-14(4)9-10-20-18)16-8-6-7-15(12-16)11-13(2)3/h6-10,12-13,17,19H,5,11H2,1-4H3. The van der Waals surface area contributed by atoms with Crippen molar-refractivity contribution in [2.75, 3.05) is 6.54 Å². The van der Waals surface area contributed by atoms with Crippen molar-refractivity contribution < 1.29 is 0 Å². The van der Waals surface area contributed by atoms with Gasteiger partial charge in [0.2, 0.25) is 0 Å². The predicted molar refractivity (Wildman–Crippen MR) is 89.6 cm³/mol. The minimum Gasteiger partial charge on any atom is -0.306 e. The molecule has 2 aromatic rings. The maximum Gasteiger partial charge on any atom is 0.0673 e. The van der Waals surface area contributed by atoms with Gasteiger partial charge in [-0.25, -0.2) is 0 Å². The Morgan fingerprint density at radius 3 is 2.60 bits per heavy atom. The van der Waals surface area contributed by atoms with Crippen LogP contribution in [0.1, 0.15) is 48.4 Å². The molecular weight excluding hydrogens is 262 g/mol. The van der Waals surface area contributed by atoms with Crippen LogP contribution in [0.5, 0.6) is 0 Å². The van der Waals surface area contributed by atoms with Crippen LogP contribution >= 0.6 is 11.3 Å². The second kappa shape index (κ2) is 7.05. The summed E-state index contributed by atoms with van der Waals surface area (Å²) < 4.78 is 0. The fourth-order valence-corrected chi connectivity index (χ4v) is 3.65. The summed E-state index contributed by atoms with van der Waals surface area (Å²) in [5.74, 6) is 0.700. The van der Waals surface area contributed by atoms with Crippen LogP contribution in [0.15, 0.2) is 35.7 Å². The summed E-state index contributed by atoms with van der Waals surface area (Å²) in [6.45, 7) is 9.91. The first-order chi connectivity index (χ1) is 9.61. The van der Waals surface area contributed by atoms with Gasteiger partial charge in [0, 0.05) is 4.88 Å². The first-order valence-corrected chi connectivity index (χ1v) is 8.36. The van der Waals surface area contributed by atoms with Crippen LogP contribution < -0.4 is 5.32 Å². The molecule has 1 N–H and O–H groups in total. The molecule has 20 heavy (non-hydrogen) atoms. The third-order valence-electron chi connectivity index (χ3n) is 3.50. The van der Waals surface area contributed by atoms with E-state index in [1.54, 1.807) is 0 Å². The molecule has 0 radical (unpaired) electrons. The summed E-state index contributed by atoms with van der Waals surface area (Å²) >= 11 is 1.85. The quantitative estimate of drug-likeness (QED) is 0.792. The first-order valence-electron chi connectivity index (χ1n) is 7.48. The van der Waals surface area contributed by atoms with E-state index in [0.29, 0.717) is 12.0 Å². The van der Waals surface area contributed by atoms with E-state index in [0.717, 1.165) is 13.0 Å². The molecule has 0 aliphatic rings. The smallest absolute Gasteiger partial charge is 0.0673 e. The number of hydrogen-bond acceptors (Lipinski definition) is 2. The third kappa shape index (κ3) is 3.71. The maximum absolute atomic E-state index is 3.63. The average molecular weight is 287 g/mol. The van der Waals surface area contributed by atoms with E-state index in [-0.39, 0.29) is 0 Å². The molecular formula is C18H25NS. The van der Waals surface area contributed by atoms with Crippen molar-refractivity contribution in [3.63, 3.8) is 0 Å². The minimum atomic E-state index is 0.326. The Morgan fingerprint density at radius 2 is 2.00 bits per heavy atom. The van der Waals surface area contributed by atoms with E-state index < -0.39 is 0 Å². The second-order valence-electron chi connectivity index (χ2n) is 5.80. The SMILES string of the molecule is CCNC(c1cccc(CC(C)C)c1)c1sccc1C. The van der Waals surface area contributed by atoms with Crippen LogP contribution in [0.3, 0.4) is 0 Å². The molecule has 1 nitrogen and oxygen atoms in total. The van der Waals surface area contributed by atoms with Gasteiger partial charge in [-0.15, -0.1) is 11.3 Å². The predicted octanol–water partition coefficient (Wildman–Crippen LogP) is 4.95. The minimum absolute atomic E-state index is 0.326. The van der Waals surface area contributed by atoms with Crippen molar-refractivity contribution >= 4 is 11.3 Å². The Hall–Kier alpha value is -1.12. The number of nitrogens with one attached hydrogen (secondary N) is 1. The van der Waals surface area contributed by atoms with Gasteiger partial charge in [0.15, 0.2) is 0 Å². The van der Waals surface area contributed by atoms with Gasteiger partial charge < -0.3 is 5.32 Å². The molecule has 108 valence electrons. The van der Waals surface area contributed by atoms with Crippen molar-refractivity contribution in [1.82, 2.24) is 5.32 Å². The molecule has 0 spiro atoms. The van der Waals surface area contributed by atoms with Gasteiger partial charge in [-0.2, -0.15) is 0 Å². The van der Waals surface area contributed by atoms with Crippen molar-refractivity contribution in [1.29, 1.82) is 0 Å². The Kier molecular flexibility index (Phi) is 5.38. The van der Waals surface area contributed by atoms with Gasteiger partial charge in [0.05, 0.1) is 6.04 Å². The first kappa shape index (κ1) is 15.3. The number of rotatable bonds is 6. The molecule has 1 heterocycles. The summed E-state index contributed by atoms with van der Waals surface area (Å²) in [5, 5.41) is 5.82. The Bertz CT molecular complexity index is 542. The number of benzene rings is 1. The molecule has 0 saturated heterocycles. The number of thiophene rings is 1. The summed E-state index contributed by atoms with van der Waals surface area (Å²) in [6.07, 6.45) is 1.15. The topological polar surface area (TPSA) is 12.0 Å². The van der Waals surface area contributed by atoms with Crippen LogP contribution in [-0.4, -0.2) is 6.54 Å². The van der Waals surface area contributed by atoms with Crippen molar-refractivity contribution in [2.24, 2.45) is 5.92 Å². The maximum atomic E-state index is 3.63. The highest BCUT2D eigenvalue weighted by Gasteiger charge is 2.16. The van der Waals surface area contributed by atoms with E-state index >= 15 is 0 Å². The molecule has 0 bridgehead atoms. The highest BCUT2D eigenvalue weighted by Crippen LogP contribution is 2.30. The van der Waals surface area contributed by atoms with E-state index in [4.69, 9.17) is 0 Å². The van der Waals surface area contributed by atoms with E-state index in [9.17, 15) is 0 Å². The van der Waals surface area contributed by atoms with Crippen LogP contribution in [0.2, 0.25) is 0 Å². The molecule has 0 fully saturated rings. The molecule has 0 saturated carbocycles. The lowest BCUT2D eigenvalue weighted by Crippen LogP contribution is -2.21.